The number of likely N-dealkylation sites (tertiary alicyclic amines) is 1. The molecule has 21 heavy (non-hydrogen) atoms. The van der Waals surface area contributed by atoms with E-state index in [2.05, 4.69) is 15.9 Å². The predicted octanol–water partition coefficient (Wildman–Crippen LogP) is 2.78. The van der Waals surface area contributed by atoms with Crippen molar-refractivity contribution in [2.45, 2.75) is 19.8 Å². The SMILES string of the molecule is COc1ccc(Br)c(C(=O)N2CCC(C)(C(=O)O)CC2)c1. The van der Waals surface area contributed by atoms with Gasteiger partial charge in [0.25, 0.3) is 5.91 Å². The lowest BCUT2D eigenvalue weighted by Crippen LogP contribution is -2.45. The number of hydrogen-bond acceptors (Lipinski definition) is 3. The Morgan fingerprint density at radius 3 is 2.48 bits per heavy atom. The van der Waals surface area contributed by atoms with Gasteiger partial charge in [-0.25, -0.2) is 0 Å². The third-order valence-electron chi connectivity index (χ3n) is 4.07. The van der Waals surface area contributed by atoms with E-state index in [9.17, 15) is 14.7 Å². The van der Waals surface area contributed by atoms with Crippen molar-refractivity contribution in [2.24, 2.45) is 5.41 Å². The maximum absolute atomic E-state index is 12.6. The van der Waals surface area contributed by atoms with E-state index in [1.54, 1.807) is 37.1 Å². The number of methoxy groups -OCH3 is 1. The van der Waals surface area contributed by atoms with Gasteiger partial charge in [-0.15, -0.1) is 0 Å². The Kier molecular flexibility index (Phi) is 4.56. The van der Waals surface area contributed by atoms with Gasteiger partial charge in [-0.05, 0) is 53.9 Å². The van der Waals surface area contributed by atoms with Crippen LogP contribution in [0.25, 0.3) is 0 Å². The second-order valence-electron chi connectivity index (χ2n) is 5.50. The zero-order valence-corrected chi connectivity index (χ0v) is 13.6. The number of carboxylic acid groups (broad SMARTS) is 1. The average molecular weight is 356 g/mol. The van der Waals surface area contributed by atoms with Crippen molar-refractivity contribution in [2.75, 3.05) is 20.2 Å². The van der Waals surface area contributed by atoms with Crippen LogP contribution in [0.15, 0.2) is 22.7 Å². The van der Waals surface area contributed by atoms with Gasteiger partial charge in [-0.2, -0.15) is 0 Å². The summed E-state index contributed by atoms with van der Waals surface area (Å²) in [4.78, 5) is 25.5. The fourth-order valence-corrected chi connectivity index (χ4v) is 2.80. The Bertz CT molecular complexity index is 565. The summed E-state index contributed by atoms with van der Waals surface area (Å²) < 4.78 is 5.85. The molecule has 1 N–H and O–H groups in total. The molecule has 5 nitrogen and oxygen atoms in total. The number of carbonyl (C=O) groups excluding carboxylic acids is 1. The summed E-state index contributed by atoms with van der Waals surface area (Å²) in [6, 6.07) is 5.24. The quantitative estimate of drug-likeness (QED) is 0.905. The van der Waals surface area contributed by atoms with E-state index in [1.165, 1.54) is 0 Å². The minimum absolute atomic E-state index is 0.104. The van der Waals surface area contributed by atoms with E-state index in [-0.39, 0.29) is 5.91 Å². The molecule has 6 heteroatoms. The van der Waals surface area contributed by atoms with Crippen molar-refractivity contribution < 1.29 is 19.4 Å². The number of benzene rings is 1. The molecule has 1 amide bonds. The molecule has 114 valence electrons. The number of aliphatic carboxylic acids is 1. The topological polar surface area (TPSA) is 66.8 Å². The molecule has 0 unspecified atom stereocenters. The Morgan fingerprint density at radius 2 is 1.95 bits per heavy atom. The van der Waals surface area contributed by atoms with Crippen LogP contribution in [0.5, 0.6) is 5.75 Å². The average Bonchev–Trinajstić information content (AvgIpc) is 2.48. The third-order valence-corrected chi connectivity index (χ3v) is 4.77. The second kappa shape index (κ2) is 6.05. The minimum Gasteiger partial charge on any atom is -0.497 e. The summed E-state index contributed by atoms with van der Waals surface area (Å²) in [5, 5.41) is 9.22. The van der Waals surface area contributed by atoms with Crippen molar-refractivity contribution in [1.82, 2.24) is 4.90 Å². The number of hydrogen-bond donors (Lipinski definition) is 1. The normalized spacial score (nSPS) is 17.4. The summed E-state index contributed by atoms with van der Waals surface area (Å²) in [6.07, 6.45) is 0.936. The highest BCUT2D eigenvalue weighted by molar-refractivity contribution is 9.10. The van der Waals surface area contributed by atoms with Crippen LogP contribution < -0.4 is 4.74 Å². The number of halogens is 1. The van der Waals surface area contributed by atoms with Crippen LogP contribution in [0.3, 0.4) is 0 Å². The lowest BCUT2D eigenvalue weighted by molar-refractivity contribution is -0.150. The first-order chi connectivity index (χ1) is 9.87. The minimum atomic E-state index is -0.794. The maximum Gasteiger partial charge on any atom is 0.309 e. The van der Waals surface area contributed by atoms with Gasteiger partial charge >= 0.3 is 5.97 Å². The Hall–Kier alpha value is -1.56. The fraction of sp³-hybridized carbons (Fsp3) is 0.467. The lowest BCUT2D eigenvalue weighted by atomic mass is 9.80. The molecule has 0 saturated carbocycles. The Balaban J connectivity index is 2.14. The third kappa shape index (κ3) is 3.20. The van der Waals surface area contributed by atoms with Crippen molar-refractivity contribution in [3.8, 4) is 5.75 Å². The van der Waals surface area contributed by atoms with Gasteiger partial charge in [0, 0.05) is 17.6 Å². The molecule has 1 saturated heterocycles. The highest BCUT2D eigenvalue weighted by atomic mass is 79.9. The van der Waals surface area contributed by atoms with E-state index >= 15 is 0 Å². The molecule has 2 rings (SSSR count). The number of amides is 1. The van der Waals surface area contributed by atoms with Crippen LogP contribution in [-0.2, 0) is 4.79 Å². The Labute approximate surface area is 132 Å². The summed E-state index contributed by atoms with van der Waals surface area (Å²) >= 11 is 3.38. The number of rotatable bonds is 3. The van der Waals surface area contributed by atoms with Crippen LogP contribution >= 0.6 is 15.9 Å². The molecular formula is C15H18BrNO4. The number of piperidine rings is 1. The van der Waals surface area contributed by atoms with E-state index < -0.39 is 11.4 Å². The van der Waals surface area contributed by atoms with Crippen LogP contribution in [0, 0.1) is 5.41 Å². The first kappa shape index (κ1) is 15.8. The van der Waals surface area contributed by atoms with Gasteiger partial charge in [0.15, 0.2) is 0 Å². The van der Waals surface area contributed by atoms with Crippen molar-refractivity contribution in [3.63, 3.8) is 0 Å². The summed E-state index contributed by atoms with van der Waals surface area (Å²) in [6.45, 7) is 2.63. The molecule has 1 fully saturated rings. The molecule has 1 aromatic rings. The lowest BCUT2D eigenvalue weighted by Gasteiger charge is -2.36. The zero-order chi connectivity index (χ0) is 15.6. The molecule has 0 bridgehead atoms. The summed E-state index contributed by atoms with van der Waals surface area (Å²) in [5.41, 5.74) is -0.198. The molecule has 0 atom stereocenters. The van der Waals surface area contributed by atoms with Crippen LogP contribution in [0.2, 0.25) is 0 Å². The van der Waals surface area contributed by atoms with Gasteiger partial charge in [0.1, 0.15) is 5.75 Å². The van der Waals surface area contributed by atoms with E-state index in [0.29, 0.717) is 41.7 Å². The van der Waals surface area contributed by atoms with Gasteiger partial charge in [-0.1, -0.05) is 0 Å². The number of ether oxygens (including phenoxy) is 1. The van der Waals surface area contributed by atoms with Crippen molar-refractivity contribution in [1.29, 1.82) is 0 Å². The van der Waals surface area contributed by atoms with Gasteiger partial charge in [0.2, 0.25) is 0 Å². The van der Waals surface area contributed by atoms with Gasteiger partial charge in [-0.3, -0.25) is 9.59 Å². The maximum atomic E-state index is 12.6. The smallest absolute Gasteiger partial charge is 0.309 e. The van der Waals surface area contributed by atoms with Gasteiger partial charge in [0.05, 0.1) is 18.1 Å². The monoisotopic (exact) mass is 355 g/mol. The first-order valence-corrected chi connectivity index (χ1v) is 7.53. The van der Waals surface area contributed by atoms with Crippen molar-refractivity contribution >= 4 is 27.8 Å². The molecule has 0 aliphatic carbocycles. The molecule has 1 aliphatic heterocycles. The first-order valence-electron chi connectivity index (χ1n) is 6.73. The standard InChI is InChI=1S/C15H18BrNO4/c1-15(14(19)20)5-7-17(8-6-15)13(18)11-9-10(21-2)3-4-12(11)16/h3-4,9H,5-8H2,1-2H3,(H,19,20). The van der Waals surface area contributed by atoms with Crippen LogP contribution in [0.4, 0.5) is 0 Å². The summed E-state index contributed by atoms with van der Waals surface area (Å²) in [7, 11) is 1.55. The molecule has 1 aromatic carbocycles. The fourth-order valence-electron chi connectivity index (χ4n) is 2.38. The largest absolute Gasteiger partial charge is 0.497 e. The molecule has 1 aliphatic rings. The predicted molar refractivity (Wildman–Crippen MR) is 81.6 cm³/mol. The van der Waals surface area contributed by atoms with Crippen LogP contribution in [-0.4, -0.2) is 42.1 Å². The molecule has 0 spiro atoms. The molecular weight excluding hydrogens is 338 g/mol. The van der Waals surface area contributed by atoms with Gasteiger partial charge < -0.3 is 14.7 Å². The number of carboxylic acids is 1. The second-order valence-corrected chi connectivity index (χ2v) is 6.36. The highest BCUT2D eigenvalue weighted by Gasteiger charge is 2.38. The molecule has 1 heterocycles. The molecule has 0 aromatic heterocycles. The van der Waals surface area contributed by atoms with E-state index in [4.69, 9.17) is 4.74 Å². The number of carbonyl (C=O) groups is 2. The molecule has 0 radical (unpaired) electrons. The zero-order valence-electron chi connectivity index (χ0n) is 12.1. The number of nitrogens with zero attached hydrogens (tertiary/aromatic N) is 1. The Morgan fingerprint density at radius 1 is 1.33 bits per heavy atom. The highest BCUT2D eigenvalue weighted by Crippen LogP contribution is 2.32. The van der Waals surface area contributed by atoms with E-state index in [1.807, 2.05) is 0 Å². The summed E-state index contributed by atoms with van der Waals surface area (Å²) in [5.74, 6) is -0.278. The van der Waals surface area contributed by atoms with Crippen LogP contribution in [0.1, 0.15) is 30.1 Å². The van der Waals surface area contributed by atoms with E-state index in [0.717, 1.165) is 0 Å². The van der Waals surface area contributed by atoms with Crippen molar-refractivity contribution in [3.05, 3.63) is 28.2 Å².